The average Bonchev–Trinajstić information content (AvgIpc) is 2.47. The van der Waals surface area contributed by atoms with Crippen molar-refractivity contribution < 1.29 is 14.7 Å². The lowest BCUT2D eigenvalue weighted by Crippen LogP contribution is -2.48. The number of benzene rings is 1. The number of carboxylic acids is 1. The first-order valence-corrected chi connectivity index (χ1v) is 8.14. The van der Waals surface area contributed by atoms with Gasteiger partial charge in [0.15, 0.2) is 0 Å². The highest BCUT2D eigenvalue weighted by atomic mass is 32.2. The second kappa shape index (κ2) is 6.79. The lowest BCUT2D eigenvalue weighted by molar-refractivity contribution is -0.143. The summed E-state index contributed by atoms with van der Waals surface area (Å²) in [5.74, 6) is -0.220. The summed E-state index contributed by atoms with van der Waals surface area (Å²) >= 11 is 1.70. The molecule has 0 aromatic heterocycles. The monoisotopic (exact) mass is 293 g/mol. The Hall–Kier alpha value is -1.49. The average molecular weight is 293 g/mol. The Bertz CT molecular complexity index is 504. The molecule has 1 aromatic carbocycles. The maximum Gasteiger partial charge on any atom is 0.326 e. The molecule has 0 bridgehead atoms. The molecule has 1 aromatic rings. The van der Waals surface area contributed by atoms with Crippen LogP contribution in [-0.4, -0.2) is 40.7 Å². The van der Waals surface area contributed by atoms with E-state index in [-0.39, 0.29) is 5.91 Å². The molecule has 20 heavy (non-hydrogen) atoms. The molecule has 1 atom stereocenters. The van der Waals surface area contributed by atoms with Gasteiger partial charge in [0, 0.05) is 17.9 Å². The van der Waals surface area contributed by atoms with E-state index in [2.05, 4.69) is 0 Å². The summed E-state index contributed by atoms with van der Waals surface area (Å²) in [5, 5.41) is 9.25. The molecule has 0 spiro atoms. The van der Waals surface area contributed by atoms with Gasteiger partial charge in [-0.1, -0.05) is 12.1 Å². The number of hydrogen-bond donors (Lipinski definition) is 1. The molecular weight excluding hydrogens is 274 g/mol. The smallest absolute Gasteiger partial charge is 0.326 e. The zero-order valence-corrected chi connectivity index (χ0v) is 12.4. The molecule has 1 saturated heterocycles. The predicted octanol–water partition coefficient (Wildman–Crippen LogP) is 2.63. The van der Waals surface area contributed by atoms with Gasteiger partial charge in [-0.2, -0.15) is 11.8 Å². The fourth-order valence-electron chi connectivity index (χ4n) is 2.56. The van der Waals surface area contributed by atoms with Crippen LogP contribution in [0.3, 0.4) is 0 Å². The Morgan fingerprint density at radius 3 is 2.90 bits per heavy atom. The highest BCUT2D eigenvalue weighted by Crippen LogP contribution is 2.21. The highest BCUT2D eigenvalue weighted by molar-refractivity contribution is 7.97. The second-order valence-corrected chi connectivity index (χ2v) is 5.85. The zero-order chi connectivity index (χ0) is 14.5. The van der Waals surface area contributed by atoms with Crippen LogP contribution in [0.4, 0.5) is 0 Å². The van der Waals surface area contributed by atoms with Crippen LogP contribution in [0, 0.1) is 0 Å². The normalized spacial score (nSPS) is 18.9. The van der Waals surface area contributed by atoms with E-state index in [1.165, 1.54) is 4.90 Å². The quantitative estimate of drug-likeness (QED) is 0.927. The molecule has 2 rings (SSSR count). The number of thioether (sulfide) groups is 1. The topological polar surface area (TPSA) is 57.6 Å². The van der Waals surface area contributed by atoms with Gasteiger partial charge in [0.1, 0.15) is 6.04 Å². The Morgan fingerprint density at radius 2 is 2.20 bits per heavy atom. The standard InChI is InChI=1S/C15H19NO3S/c1-20-10-11-5-4-6-12(9-11)14(17)16-8-3-2-7-13(16)15(18)19/h4-6,9,13H,2-3,7-8,10H2,1H3,(H,18,19)/t13-/m1/s1. The number of carbonyl (C=O) groups excluding carboxylic acids is 1. The third kappa shape index (κ3) is 3.33. The Labute approximate surface area is 123 Å². The molecule has 0 radical (unpaired) electrons. The SMILES string of the molecule is CSCc1cccc(C(=O)N2CCCC[C@@H]2C(=O)O)c1. The third-order valence-electron chi connectivity index (χ3n) is 3.53. The Balaban J connectivity index is 2.20. The summed E-state index contributed by atoms with van der Waals surface area (Å²) in [6.07, 6.45) is 4.30. The van der Waals surface area contributed by atoms with E-state index < -0.39 is 12.0 Å². The molecular formula is C15H19NO3S. The van der Waals surface area contributed by atoms with Crippen LogP contribution in [-0.2, 0) is 10.5 Å². The first-order chi connectivity index (χ1) is 9.63. The molecule has 0 saturated carbocycles. The van der Waals surface area contributed by atoms with Crippen LogP contribution in [0.1, 0.15) is 35.2 Å². The van der Waals surface area contributed by atoms with Crippen molar-refractivity contribution in [3.8, 4) is 0 Å². The molecule has 1 heterocycles. The van der Waals surface area contributed by atoms with Gasteiger partial charge in [0.05, 0.1) is 0 Å². The van der Waals surface area contributed by atoms with Crippen molar-refractivity contribution >= 4 is 23.6 Å². The summed E-state index contributed by atoms with van der Waals surface area (Å²) in [5.41, 5.74) is 1.68. The lowest BCUT2D eigenvalue weighted by Gasteiger charge is -2.33. The summed E-state index contributed by atoms with van der Waals surface area (Å²) in [6.45, 7) is 0.530. The van der Waals surface area contributed by atoms with Crippen molar-refractivity contribution in [2.24, 2.45) is 0 Å². The molecule has 1 aliphatic heterocycles. The number of likely N-dealkylation sites (tertiary alicyclic amines) is 1. The number of aliphatic carboxylic acids is 1. The molecule has 1 fully saturated rings. The van der Waals surface area contributed by atoms with E-state index >= 15 is 0 Å². The van der Waals surface area contributed by atoms with Gasteiger partial charge >= 0.3 is 5.97 Å². The van der Waals surface area contributed by atoms with Gasteiger partial charge in [-0.3, -0.25) is 4.79 Å². The maximum atomic E-state index is 12.5. The summed E-state index contributed by atoms with van der Waals surface area (Å²) < 4.78 is 0. The van der Waals surface area contributed by atoms with Crippen molar-refractivity contribution in [2.75, 3.05) is 12.8 Å². The zero-order valence-electron chi connectivity index (χ0n) is 11.5. The summed E-state index contributed by atoms with van der Waals surface area (Å²) in [6, 6.07) is 6.79. The van der Waals surface area contributed by atoms with Gasteiger partial charge in [0.2, 0.25) is 0 Å². The fraction of sp³-hybridized carbons (Fsp3) is 0.467. The van der Waals surface area contributed by atoms with Gasteiger partial charge in [-0.05, 0) is 43.2 Å². The number of piperidine rings is 1. The molecule has 1 N–H and O–H groups in total. The van der Waals surface area contributed by atoms with Crippen molar-refractivity contribution in [1.82, 2.24) is 4.90 Å². The van der Waals surface area contributed by atoms with Crippen LogP contribution >= 0.6 is 11.8 Å². The number of nitrogens with zero attached hydrogens (tertiary/aromatic N) is 1. The minimum atomic E-state index is -0.904. The molecule has 5 heteroatoms. The molecule has 108 valence electrons. The van der Waals surface area contributed by atoms with Crippen molar-refractivity contribution in [3.63, 3.8) is 0 Å². The van der Waals surface area contributed by atoms with E-state index in [9.17, 15) is 14.7 Å². The first kappa shape index (κ1) is 14.9. The third-order valence-corrected chi connectivity index (χ3v) is 4.16. The van der Waals surface area contributed by atoms with Gasteiger partial charge in [0.25, 0.3) is 5.91 Å². The molecule has 4 nitrogen and oxygen atoms in total. The van der Waals surface area contributed by atoms with Crippen molar-refractivity contribution in [2.45, 2.75) is 31.1 Å². The minimum Gasteiger partial charge on any atom is -0.480 e. The van der Waals surface area contributed by atoms with E-state index in [1.807, 2.05) is 24.5 Å². The predicted molar refractivity (Wildman–Crippen MR) is 80.0 cm³/mol. The van der Waals surface area contributed by atoms with Gasteiger partial charge in [-0.15, -0.1) is 0 Å². The van der Waals surface area contributed by atoms with E-state index in [0.717, 1.165) is 24.2 Å². The van der Waals surface area contributed by atoms with Crippen LogP contribution in [0.15, 0.2) is 24.3 Å². The molecule has 0 aliphatic carbocycles. The largest absolute Gasteiger partial charge is 0.480 e. The number of carboxylic acid groups (broad SMARTS) is 1. The van der Waals surface area contributed by atoms with Crippen molar-refractivity contribution in [3.05, 3.63) is 35.4 Å². The second-order valence-electron chi connectivity index (χ2n) is 4.98. The molecule has 0 unspecified atom stereocenters. The maximum absolute atomic E-state index is 12.5. The number of rotatable bonds is 4. The van der Waals surface area contributed by atoms with Crippen LogP contribution in [0.25, 0.3) is 0 Å². The minimum absolute atomic E-state index is 0.167. The van der Waals surface area contributed by atoms with Gasteiger partial charge in [-0.25, -0.2) is 4.79 Å². The number of hydrogen-bond acceptors (Lipinski definition) is 3. The number of amides is 1. The Morgan fingerprint density at radius 1 is 1.40 bits per heavy atom. The fourth-order valence-corrected chi connectivity index (χ4v) is 3.07. The molecule has 1 aliphatic rings. The van der Waals surface area contributed by atoms with Crippen LogP contribution in [0.5, 0.6) is 0 Å². The highest BCUT2D eigenvalue weighted by Gasteiger charge is 2.32. The van der Waals surface area contributed by atoms with Crippen LogP contribution in [0.2, 0.25) is 0 Å². The van der Waals surface area contributed by atoms with Crippen molar-refractivity contribution in [1.29, 1.82) is 0 Å². The number of carbonyl (C=O) groups is 2. The summed E-state index contributed by atoms with van der Waals surface area (Å²) in [4.78, 5) is 25.3. The lowest BCUT2D eigenvalue weighted by atomic mass is 10.0. The van der Waals surface area contributed by atoms with E-state index in [0.29, 0.717) is 18.5 Å². The van der Waals surface area contributed by atoms with Crippen LogP contribution < -0.4 is 0 Å². The molecule has 1 amide bonds. The van der Waals surface area contributed by atoms with E-state index in [4.69, 9.17) is 0 Å². The van der Waals surface area contributed by atoms with E-state index in [1.54, 1.807) is 17.8 Å². The summed E-state index contributed by atoms with van der Waals surface area (Å²) in [7, 11) is 0. The van der Waals surface area contributed by atoms with Gasteiger partial charge < -0.3 is 10.0 Å². The Kier molecular flexibility index (Phi) is 5.06. The first-order valence-electron chi connectivity index (χ1n) is 6.75.